The highest BCUT2D eigenvalue weighted by atomic mass is 16.5. The van der Waals surface area contributed by atoms with Gasteiger partial charge in [-0.05, 0) is 26.0 Å². The van der Waals surface area contributed by atoms with E-state index in [0.717, 1.165) is 0 Å². The second kappa shape index (κ2) is 6.19. The first-order chi connectivity index (χ1) is 11.5. The molecular weight excluding hydrogens is 312 g/mol. The fourth-order valence-corrected chi connectivity index (χ4v) is 2.48. The number of benzene rings is 1. The van der Waals surface area contributed by atoms with Gasteiger partial charge in [0.25, 0.3) is 5.91 Å². The molecule has 7 heteroatoms. The number of nitrogens with one attached hydrogen (secondary N) is 1. The van der Waals surface area contributed by atoms with Crippen LogP contribution in [0, 0.1) is 6.92 Å². The lowest BCUT2D eigenvalue weighted by atomic mass is 10.1. The fourth-order valence-electron chi connectivity index (χ4n) is 2.48. The number of hydrogen-bond acceptors (Lipinski definition) is 6. The first-order valence-electron chi connectivity index (χ1n) is 7.38. The van der Waals surface area contributed by atoms with Crippen molar-refractivity contribution in [3.05, 3.63) is 47.5 Å². The number of nitrogens with zero attached hydrogens (tertiary/aromatic N) is 1. The monoisotopic (exact) mass is 328 g/mol. The van der Waals surface area contributed by atoms with E-state index in [1.54, 1.807) is 19.9 Å². The van der Waals surface area contributed by atoms with Gasteiger partial charge in [-0.3, -0.25) is 9.59 Å². The maximum atomic E-state index is 12.5. The van der Waals surface area contributed by atoms with Gasteiger partial charge in [0.2, 0.25) is 0 Å². The zero-order valence-electron chi connectivity index (χ0n) is 13.5. The van der Waals surface area contributed by atoms with Gasteiger partial charge in [0, 0.05) is 12.3 Å². The Morgan fingerprint density at radius 2 is 2.04 bits per heavy atom. The van der Waals surface area contributed by atoms with Crippen LogP contribution in [-0.2, 0) is 9.53 Å². The predicted molar refractivity (Wildman–Crippen MR) is 85.6 cm³/mol. The number of anilines is 1. The van der Waals surface area contributed by atoms with Crippen LogP contribution < -0.4 is 5.32 Å². The normalized spacial score (nSPS) is 12.1. The lowest BCUT2D eigenvalue weighted by molar-refractivity contribution is -0.146. The van der Waals surface area contributed by atoms with E-state index in [2.05, 4.69) is 10.5 Å². The average molecular weight is 328 g/mol. The second-order valence-electron chi connectivity index (χ2n) is 5.34. The highest BCUT2D eigenvalue weighted by molar-refractivity contribution is 6.09. The lowest BCUT2D eigenvalue weighted by Crippen LogP contribution is -2.14. The first-order valence-corrected chi connectivity index (χ1v) is 7.38. The van der Waals surface area contributed by atoms with Crippen LogP contribution in [0.25, 0.3) is 11.0 Å². The molecule has 1 amide bonds. The summed E-state index contributed by atoms with van der Waals surface area (Å²) in [6.07, 6.45) is 0.705. The van der Waals surface area contributed by atoms with Crippen molar-refractivity contribution in [1.29, 1.82) is 0 Å². The molecule has 1 atom stereocenters. The second-order valence-corrected chi connectivity index (χ2v) is 5.34. The number of carbonyl (C=O) groups excluding carboxylic acids is 2. The van der Waals surface area contributed by atoms with Gasteiger partial charge < -0.3 is 19.0 Å². The number of para-hydroxylation sites is 1. The molecule has 0 saturated heterocycles. The average Bonchev–Trinajstić information content (AvgIpc) is 3.11. The molecule has 124 valence electrons. The molecule has 1 N–H and O–H groups in total. The van der Waals surface area contributed by atoms with E-state index in [9.17, 15) is 9.59 Å². The first kappa shape index (κ1) is 15.8. The number of esters is 1. The Hall–Kier alpha value is -3.09. The summed E-state index contributed by atoms with van der Waals surface area (Å²) in [4.78, 5) is 23.7. The van der Waals surface area contributed by atoms with Crippen molar-refractivity contribution in [2.75, 3.05) is 5.32 Å². The van der Waals surface area contributed by atoms with E-state index in [0.29, 0.717) is 33.7 Å². The van der Waals surface area contributed by atoms with Crippen LogP contribution in [0.3, 0.4) is 0 Å². The van der Waals surface area contributed by atoms with Crippen molar-refractivity contribution in [2.24, 2.45) is 0 Å². The zero-order valence-corrected chi connectivity index (χ0v) is 13.5. The summed E-state index contributed by atoms with van der Waals surface area (Å²) in [6, 6.07) is 7.25. The smallest absolute Gasteiger partial charge is 0.303 e. The minimum atomic E-state index is -0.645. The van der Waals surface area contributed by atoms with Gasteiger partial charge in [0.05, 0.1) is 11.9 Å². The summed E-state index contributed by atoms with van der Waals surface area (Å²) >= 11 is 0. The van der Waals surface area contributed by atoms with Crippen molar-refractivity contribution in [3.8, 4) is 0 Å². The molecule has 3 aromatic rings. The number of aryl methyl sites for hydroxylation is 1. The maximum absolute atomic E-state index is 12.5. The quantitative estimate of drug-likeness (QED) is 0.735. The van der Waals surface area contributed by atoms with Crippen molar-refractivity contribution >= 4 is 28.5 Å². The Balaban J connectivity index is 2.03. The summed E-state index contributed by atoms with van der Waals surface area (Å²) in [5.74, 6) is -0.0320. The van der Waals surface area contributed by atoms with E-state index >= 15 is 0 Å². The SMILES string of the molecule is CC(=O)OC(C)c1oc2ccccc2c1NC(=O)c1cnoc1C. The molecule has 2 heterocycles. The number of furan rings is 1. The van der Waals surface area contributed by atoms with E-state index in [1.807, 2.05) is 18.2 Å². The summed E-state index contributed by atoms with van der Waals surface area (Å²) in [7, 11) is 0. The molecule has 0 bridgehead atoms. The molecule has 1 aromatic carbocycles. The number of fused-ring (bicyclic) bond motifs is 1. The highest BCUT2D eigenvalue weighted by Gasteiger charge is 2.24. The molecule has 0 aliphatic rings. The molecule has 0 radical (unpaired) electrons. The topological polar surface area (TPSA) is 94.6 Å². The van der Waals surface area contributed by atoms with Crippen molar-refractivity contribution in [3.63, 3.8) is 0 Å². The third-order valence-electron chi connectivity index (χ3n) is 3.57. The van der Waals surface area contributed by atoms with Crippen LogP contribution in [0.1, 0.15) is 41.8 Å². The van der Waals surface area contributed by atoms with Crippen LogP contribution in [-0.4, -0.2) is 17.0 Å². The van der Waals surface area contributed by atoms with Gasteiger partial charge in [-0.25, -0.2) is 0 Å². The molecule has 1 unspecified atom stereocenters. The Kier molecular flexibility index (Phi) is 4.07. The summed E-state index contributed by atoms with van der Waals surface area (Å²) in [6.45, 7) is 4.65. The number of hydrogen-bond donors (Lipinski definition) is 1. The standard InChI is InChI=1S/C17H16N2O5/c1-9-13(8-18-24-9)17(21)19-15-12-6-4-5-7-14(12)23-16(15)10(2)22-11(3)20/h4-8,10H,1-3H3,(H,19,21). The molecule has 0 saturated carbocycles. The van der Waals surface area contributed by atoms with E-state index in [-0.39, 0.29) is 5.91 Å². The minimum Gasteiger partial charge on any atom is -0.455 e. The van der Waals surface area contributed by atoms with Gasteiger partial charge in [-0.1, -0.05) is 17.3 Å². The Morgan fingerprint density at radius 3 is 2.71 bits per heavy atom. The van der Waals surface area contributed by atoms with Gasteiger partial charge in [0.15, 0.2) is 11.9 Å². The van der Waals surface area contributed by atoms with Crippen molar-refractivity contribution in [2.45, 2.75) is 26.9 Å². The Labute approximate surface area is 137 Å². The molecule has 2 aromatic heterocycles. The number of aromatic nitrogens is 1. The number of carbonyl (C=O) groups is 2. The number of rotatable bonds is 4. The summed E-state index contributed by atoms with van der Waals surface area (Å²) < 4.78 is 15.9. The molecule has 7 nitrogen and oxygen atoms in total. The van der Waals surface area contributed by atoms with Crippen LogP contribution >= 0.6 is 0 Å². The largest absolute Gasteiger partial charge is 0.455 e. The highest BCUT2D eigenvalue weighted by Crippen LogP contribution is 2.36. The predicted octanol–water partition coefficient (Wildman–Crippen LogP) is 3.61. The lowest BCUT2D eigenvalue weighted by Gasteiger charge is -2.12. The minimum absolute atomic E-state index is 0.325. The molecular formula is C17H16N2O5. The Morgan fingerprint density at radius 1 is 1.29 bits per heavy atom. The van der Waals surface area contributed by atoms with Crippen molar-refractivity contribution < 1.29 is 23.3 Å². The molecule has 3 rings (SSSR count). The third-order valence-corrected chi connectivity index (χ3v) is 3.57. The Bertz CT molecular complexity index is 909. The van der Waals surface area contributed by atoms with Crippen LogP contribution in [0.15, 0.2) is 39.4 Å². The maximum Gasteiger partial charge on any atom is 0.303 e. The molecule has 0 fully saturated rings. The van der Waals surface area contributed by atoms with Crippen LogP contribution in [0.5, 0.6) is 0 Å². The van der Waals surface area contributed by atoms with Crippen molar-refractivity contribution in [1.82, 2.24) is 5.16 Å². The summed E-state index contributed by atoms with van der Waals surface area (Å²) in [5.41, 5.74) is 1.38. The van der Waals surface area contributed by atoms with Crippen LogP contribution in [0.2, 0.25) is 0 Å². The summed E-state index contributed by atoms with van der Waals surface area (Å²) in [5, 5.41) is 7.13. The molecule has 24 heavy (non-hydrogen) atoms. The van der Waals surface area contributed by atoms with E-state index < -0.39 is 12.1 Å². The van der Waals surface area contributed by atoms with Crippen LogP contribution in [0.4, 0.5) is 5.69 Å². The van der Waals surface area contributed by atoms with E-state index in [1.165, 1.54) is 13.1 Å². The van der Waals surface area contributed by atoms with Gasteiger partial charge in [-0.15, -0.1) is 0 Å². The molecule has 0 aliphatic carbocycles. The van der Waals surface area contributed by atoms with Gasteiger partial charge in [-0.2, -0.15) is 0 Å². The number of amides is 1. The fraction of sp³-hybridized carbons (Fsp3) is 0.235. The molecule has 0 aliphatic heterocycles. The van der Waals surface area contributed by atoms with Gasteiger partial charge >= 0.3 is 5.97 Å². The van der Waals surface area contributed by atoms with E-state index in [4.69, 9.17) is 13.7 Å². The third kappa shape index (κ3) is 2.88. The zero-order chi connectivity index (χ0) is 17.3. The van der Waals surface area contributed by atoms with Gasteiger partial charge in [0.1, 0.15) is 16.9 Å². The molecule has 0 spiro atoms. The number of ether oxygens (including phenoxy) is 1.